The van der Waals surface area contributed by atoms with E-state index in [1.807, 2.05) is 0 Å². The Balaban J connectivity index is 1.39. The molecule has 1 aromatic rings. The van der Waals surface area contributed by atoms with Crippen molar-refractivity contribution < 1.29 is 14.1 Å². The third-order valence-corrected chi connectivity index (χ3v) is 5.04. The molecule has 1 unspecified atom stereocenters. The number of nitrogens with zero attached hydrogens (tertiary/aromatic N) is 3. The van der Waals surface area contributed by atoms with Gasteiger partial charge in [0.15, 0.2) is 0 Å². The zero-order valence-electron chi connectivity index (χ0n) is 13.4. The standard InChI is InChI=1S/C16H24N4O3/c21-15(17-12-3-4-12)14-18-16(23-19-14)13-2-1-7-20(13)10-11-5-8-22-9-6-11/h11-13H,1-10H2,(H,17,21). The normalized spacial score (nSPS) is 26.5. The molecule has 7 heteroatoms. The summed E-state index contributed by atoms with van der Waals surface area (Å²) in [6.45, 7) is 3.86. The first-order valence-electron chi connectivity index (χ1n) is 8.76. The topological polar surface area (TPSA) is 80.5 Å². The van der Waals surface area contributed by atoms with Gasteiger partial charge >= 0.3 is 0 Å². The van der Waals surface area contributed by atoms with Crippen LogP contribution < -0.4 is 5.32 Å². The molecule has 1 saturated carbocycles. The molecule has 0 aromatic carbocycles. The average molecular weight is 320 g/mol. The average Bonchev–Trinajstić information content (AvgIpc) is 3.07. The molecule has 7 nitrogen and oxygen atoms in total. The molecule has 4 rings (SSSR count). The minimum Gasteiger partial charge on any atom is -0.381 e. The van der Waals surface area contributed by atoms with Gasteiger partial charge in [-0.15, -0.1) is 0 Å². The van der Waals surface area contributed by atoms with Crippen LogP contribution in [-0.4, -0.2) is 53.3 Å². The number of hydrogen-bond donors (Lipinski definition) is 1. The Hall–Kier alpha value is -1.47. The highest BCUT2D eigenvalue weighted by atomic mass is 16.5. The minimum atomic E-state index is -0.212. The summed E-state index contributed by atoms with van der Waals surface area (Å²) in [6, 6.07) is 0.466. The second-order valence-electron chi connectivity index (χ2n) is 6.91. The molecule has 3 heterocycles. The number of likely N-dealkylation sites (tertiary alicyclic amines) is 1. The maximum absolute atomic E-state index is 12.0. The van der Waals surface area contributed by atoms with Crippen LogP contribution >= 0.6 is 0 Å². The highest BCUT2D eigenvalue weighted by molar-refractivity contribution is 5.90. The Morgan fingerprint density at radius 2 is 2.04 bits per heavy atom. The van der Waals surface area contributed by atoms with E-state index >= 15 is 0 Å². The predicted octanol–water partition coefficient (Wildman–Crippen LogP) is 1.53. The van der Waals surface area contributed by atoms with Crippen LogP contribution in [0.1, 0.15) is 61.1 Å². The quantitative estimate of drug-likeness (QED) is 0.886. The van der Waals surface area contributed by atoms with E-state index in [9.17, 15) is 4.79 Å². The molecule has 1 N–H and O–H groups in total. The van der Waals surface area contributed by atoms with Crippen molar-refractivity contribution in [1.82, 2.24) is 20.4 Å². The van der Waals surface area contributed by atoms with Crippen molar-refractivity contribution in [1.29, 1.82) is 0 Å². The fourth-order valence-electron chi connectivity index (χ4n) is 3.53. The number of rotatable bonds is 5. The number of aromatic nitrogens is 2. The van der Waals surface area contributed by atoms with Gasteiger partial charge in [0.25, 0.3) is 11.7 Å². The van der Waals surface area contributed by atoms with Gasteiger partial charge in [-0.05, 0) is 51.0 Å². The van der Waals surface area contributed by atoms with Gasteiger partial charge in [0, 0.05) is 25.8 Å². The number of amides is 1. The molecule has 3 aliphatic rings. The second-order valence-corrected chi connectivity index (χ2v) is 6.91. The monoisotopic (exact) mass is 320 g/mol. The maximum atomic E-state index is 12.0. The molecule has 0 spiro atoms. The number of carbonyl (C=O) groups is 1. The third-order valence-electron chi connectivity index (χ3n) is 5.04. The molecule has 1 atom stereocenters. The van der Waals surface area contributed by atoms with E-state index in [1.165, 1.54) is 0 Å². The molecule has 0 radical (unpaired) electrons. The Morgan fingerprint density at radius 1 is 1.22 bits per heavy atom. The van der Waals surface area contributed by atoms with E-state index in [-0.39, 0.29) is 17.8 Å². The summed E-state index contributed by atoms with van der Waals surface area (Å²) in [5, 5.41) is 6.78. The van der Waals surface area contributed by atoms with Crippen molar-refractivity contribution >= 4 is 5.91 Å². The van der Waals surface area contributed by atoms with Crippen LogP contribution in [0.2, 0.25) is 0 Å². The molecule has 2 aliphatic heterocycles. The lowest BCUT2D eigenvalue weighted by molar-refractivity contribution is 0.0485. The minimum absolute atomic E-state index is 0.160. The maximum Gasteiger partial charge on any atom is 0.292 e. The summed E-state index contributed by atoms with van der Waals surface area (Å²) in [7, 11) is 0. The fourth-order valence-corrected chi connectivity index (χ4v) is 3.53. The van der Waals surface area contributed by atoms with E-state index < -0.39 is 0 Å². The van der Waals surface area contributed by atoms with Crippen molar-refractivity contribution in [2.24, 2.45) is 5.92 Å². The van der Waals surface area contributed by atoms with Crippen LogP contribution in [0.4, 0.5) is 0 Å². The zero-order chi connectivity index (χ0) is 15.6. The number of hydrogen-bond acceptors (Lipinski definition) is 6. The lowest BCUT2D eigenvalue weighted by atomic mass is 9.99. The first kappa shape index (κ1) is 15.1. The Kier molecular flexibility index (Phi) is 4.31. The van der Waals surface area contributed by atoms with Gasteiger partial charge in [-0.2, -0.15) is 4.98 Å². The molecule has 23 heavy (non-hydrogen) atoms. The summed E-state index contributed by atoms with van der Waals surface area (Å²) in [4.78, 5) is 18.8. The summed E-state index contributed by atoms with van der Waals surface area (Å²) in [5.74, 6) is 1.24. The number of ether oxygens (including phenoxy) is 1. The van der Waals surface area contributed by atoms with Crippen molar-refractivity contribution in [3.8, 4) is 0 Å². The highest BCUT2D eigenvalue weighted by Gasteiger charge is 2.33. The summed E-state index contributed by atoms with van der Waals surface area (Å²) in [5.41, 5.74) is 0. The molecule has 1 amide bonds. The van der Waals surface area contributed by atoms with Crippen molar-refractivity contribution in [3.63, 3.8) is 0 Å². The lowest BCUT2D eigenvalue weighted by Gasteiger charge is -2.29. The Labute approximate surface area is 135 Å². The van der Waals surface area contributed by atoms with Crippen molar-refractivity contribution in [2.45, 2.75) is 50.6 Å². The SMILES string of the molecule is O=C(NC1CC1)c1noc(C2CCCN2CC2CCOCC2)n1. The van der Waals surface area contributed by atoms with Gasteiger partial charge < -0.3 is 14.6 Å². The van der Waals surface area contributed by atoms with Crippen molar-refractivity contribution in [2.75, 3.05) is 26.3 Å². The first-order valence-corrected chi connectivity index (χ1v) is 8.76. The summed E-state index contributed by atoms with van der Waals surface area (Å²) < 4.78 is 10.8. The Bertz CT molecular complexity index is 551. The largest absolute Gasteiger partial charge is 0.381 e. The first-order chi connectivity index (χ1) is 11.3. The van der Waals surface area contributed by atoms with Crippen LogP contribution in [0.25, 0.3) is 0 Å². The molecular formula is C16H24N4O3. The lowest BCUT2D eigenvalue weighted by Crippen LogP contribution is -2.32. The zero-order valence-corrected chi connectivity index (χ0v) is 13.4. The number of carbonyl (C=O) groups excluding carboxylic acids is 1. The van der Waals surface area contributed by atoms with Gasteiger partial charge in [0.05, 0.1) is 6.04 Å². The second kappa shape index (κ2) is 6.57. The summed E-state index contributed by atoms with van der Waals surface area (Å²) >= 11 is 0. The fraction of sp³-hybridized carbons (Fsp3) is 0.812. The molecule has 0 bridgehead atoms. The van der Waals surface area contributed by atoms with Crippen LogP contribution in [0.15, 0.2) is 4.52 Å². The van der Waals surface area contributed by atoms with Crippen molar-refractivity contribution in [3.05, 3.63) is 11.7 Å². The van der Waals surface area contributed by atoms with Crippen LogP contribution in [0.3, 0.4) is 0 Å². The van der Waals surface area contributed by atoms with E-state index in [1.54, 1.807) is 0 Å². The predicted molar refractivity (Wildman–Crippen MR) is 81.9 cm³/mol. The van der Waals surface area contributed by atoms with E-state index in [0.717, 1.165) is 64.8 Å². The van der Waals surface area contributed by atoms with Gasteiger partial charge in [-0.3, -0.25) is 9.69 Å². The van der Waals surface area contributed by atoms with Gasteiger partial charge in [0.2, 0.25) is 5.89 Å². The molecule has 2 saturated heterocycles. The van der Waals surface area contributed by atoms with Crippen LogP contribution in [0.5, 0.6) is 0 Å². The molecular weight excluding hydrogens is 296 g/mol. The van der Waals surface area contributed by atoms with Gasteiger partial charge in [-0.25, -0.2) is 0 Å². The Morgan fingerprint density at radius 3 is 2.83 bits per heavy atom. The van der Waals surface area contributed by atoms with Crippen LogP contribution in [0, 0.1) is 5.92 Å². The van der Waals surface area contributed by atoms with E-state index in [2.05, 4.69) is 20.4 Å². The molecule has 1 aromatic heterocycles. The third kappa shape index (κ3) is 3.55. The van der Waals surface area contributed by atoms with Crippen LogP contribution in [-0.2, 0) is 4.74 Å². The smallest absolute Gasteiger partial charge is 0.292 e. The van der Waals surface area contributed by atoms with Gasteiger partial charge in [-0.1, -0.05) is 5.16 Å². The summed E-state index contributed by atoms with van der Waals surface area (Å²) in [6.07, 6.45) is 6.52. The number of nitrogens with one attached hydrogen (secondary N) is 1. The van der Waals surface area contributed by atoms with Gasteiger partial charge in [0.1, 0.15) is 0 Å². The molecule has 126 valence electrons. The van der Waals surface area contributed by atoms with E-state index in [4.69, 9.17) is 9.26 Å². The highest BCUT2D eigenvalue weighted by Crippen LogP contribution is 2.32. The van der Waals surface area contributed by atoms with E-state index in [0.29, 0.717) is 17.9 Å². The molecule has 1 aliphatic carbocycles. The molecule has 3 fully saturated rings.